The van der Waals surface area contributed by atoms with Crippen molar-refractivity contribution in [1.82, 2.24) is 19.5 Å². The molecule has 0 radical (unpaired) electrons. The second kappa shape index (κ2) is 9.05. The monoisotopic (exact) mass is 467 g/mol. The van der Waals surface area contributed by atoms with E-state index in [1.165, 1.54) is 0 Å². The Labute approximate surface area is 205 Å². The van der Waals surface area contributed by atoms with Gasteiger partial charge in [-0.15, -0.1) is 0 Å². The quantitative estimate of drug-likeness (QED) is 0.449. The second-order valence-corrected chi connectivity index (χ2v) is 9.58. The molecule has 178 valence electrons. The molecule has 0 spiro atoms. The van der Waals surface area contributed by atoms with Crippen LogP contribution in [0.25, 0.3) is 11.2 Å². The van der Waals surface area contributed by atoms with Crippen LogP contribution in [0.15, 0.2) is 49.1 Å². The predicted molar refractivity (Wildman–Crippen MR) is 135 cm³/mol. The molecule has 3 aromatic heterocycles. The van der Waals surface area contributed by atoms with Crippen LogP contribution in [-0.4, -0.2) is 32.2 Å². The lowest BCUT2D eigenvalue weighted by Crippen LogP contribution is -2.29. The summed E-state index contributed by atoms with van der Waals surface area (Å²) in [7, 11) is 1.68. The molecular formula is C28H29N5O2. The average molecular weight is 468 g/mol. The number of rotatable bonds is 4. The van der Waals surface area contributed by atoms with Crippen LogP contribution in [0.5, 0.6) is 11.5 Å². The van der Waals surface area contributed by atoms with Gasteiger partial charge < -0.3 is 19.8 Å². The molecule has 0 amide bonds. The maximum atomic E-state index is 6.38. The lowest BCUT2D eigenvalue weighted by Gasteiger charge is -2.28. The van der Waals surface area contributed by atoms with Crippen LogP contribution in [0.2, 0.25) is 0 Å². The van der Waals surface area contributed by atoms with Gasteiger partial charge in [0.05, 0.1) is 25.5 Å². The summed E-state index contributed by atoms with van der Waals surface area (Å²) in [5.74, 6) is 7.66. The van der Waals surface area contributed by atoms with E-state index in [9.17, 15) is 0 Å². The third-order valence-corrected chi connectivity index (χ3v) is 5.99. The Kier molecular flexibility index (Phi) is 5.91. The zero-order chi connectivity index (χ0) is 24.6. The van der Waals surface area contributed by atoms with Gasteiger partial charge in [0.1, 0.15) is 11.6 Å². The van der Waals surface area contributed by atoms with Crippen molar-refractivity contribution < 1.29 is 9.47 Å². The van der Waals surface area contributed by atoms with Gasteiger partial charge in [0.25, 0.3) is 0 Å². The number of imidazole rings is 1. The molecule has 5 rings (SSSR count). The van der Waals surface area contributed by atoms with Crippen LogP contribution in [0.3, 0.4) is 0 Å². The zero-order valence-electron chi connectivity index (χ0n) is 20.5. The first-order valence-electron chi connectivity index (χ1n) is 11.7. The molecule has 0 saturated carbocycles. The highest BCUT2D eigenvalue weighted by Crippen LogP contribution is 2.42. The van der Waals surface area contributed by atoms with Crippen LogP contribution < -0.4 is 15.2 Å². The summed E-state index contributed by atoms with van der Waals surface area (Å²) < 4.78 is 14.1. The molecule has 0 aliphatic carbocycles. The van der Waals surface area contributed by atoms with Crippen molar-refractivity contribution in [3.63, 3.8) is 0 Å². The lowest BCUT2D eigenvalue weighted by molar-refractivity contribution is 0.168. The minimum atomic E-state index is -0.555. The number of nitrogens with two attached hydrogens (primary N) is 1. The number of fused-ring (bicyclic) bond motifs is 2. The molecule has 1 aliphatic rings. The summed E-state index contributed by atoms with van der Waals surface area (Å²) in [5.41, 5.74) is 12.2. The summed E-state index contributed by atoms with van der Waals surface area (Å²) in [4.78, 5) is 13.6. The smallest absolute Gasteiger partial charge is 0.165 e. The van der Waals surface area contributed by atoms with Crippen LogP contribution >= 0.6 is 0 Å². The van der Waals surface area contributed by atoms with Crippen LogP contribution in [0.4, 0.5) is 0 Å². The first kappa shape index (κ1) is 22.9. The Hall–Kier alpha value is -3.89. The number of pyridine rings is 2. The fraction of sp³-hybridized carbons (Fsp3) is 0.321. The summed E-state index contributed by atoms with van der Waals surface area (Å²) >= 11 is 0. The van der Waals surface area contributed by atoms with E-state index in [1.807, 2.05) is 56.1 Å². The average Bonchev–Trinajstić information content (AvgIpc) is 3.24. The summed E-state index contributed by atoms with van der Waals surface area (Å²) in [6.07, 6.45) is 7.24. The molecular weight excluding hydrogens is 438 g/mol. The van der Waals surface area contributed by atoms with E-state index in [2.05, 4.69) is 38.9 Å². The van der Waals surface area contributed by atoms with Gasteiger partial charge >= 0.3 is 0 Å². The highest BCUT2D eigenvalue weighted by atomic mass is 16.5. The molecule has 4 aromatic rings. The van der Waals surface area contributed by atoms with E-state index in [4.69, 9.17) is 15.2 Å². The van der Waals surface area contributed by atoms with Gasteiger partial charge in [-0.05, 0) is 62.9 Å². The van der Waals surface area contributed by atoms with Crippen molar-refractivity contribution in [2.45, 2.75) is 51.8 Å². The van der Waals surface area contributed by atoms with Gasteiger partial charge in [-0.3, -0.25) is 4.98 Å². The van der Waals surface area contributed by atoms with Crippen LogP contribution in [0, 0.1) is 18.8 Å². The minimum Gasteiger partial charge on any atom is -0.493 e. The SMILES string of the molecule is COc1cc(Cn2cnc3cc(C#CC(C)(C)N)cnc32)cc2c1OC(c1ccc(C)nc1)CC2. The number of hydrogen-bond donors (Lipinski definition) is 1. The minimum absolute atomic E-state index is 0.0284. The normalized spacial score (nSPS) is 15.2. The summed E-state index contributed by atoms with van der Waals surface area (Å²) in [5, 5.41) is 0. The number of benzene rings is 1. The van der Waals surface area contributed by atoms with E-state index < -0.39 is 5.54 Å². The highest BCUT2D eigenvalue weighted by molar-refractivity contribution is 5.72. The van der Waals surface area contributed by atoms with Gasteiger partial charge in [-0.2, -0.15) is 0 Å². The molecule has 35 heavy (non-hydrogen) atoms. The molecule has 7 nitrogen and oxygen atoms in total. The molecule has 0 fully saturated rings. The molecule has 1 unspecified atom stereocenters. The molecule has 0 saturated heterocycles. The van der Waals surface area contributed by atoms with Crippen molar-refractivity contribution in [1.29, 1.82) is 0 Å². The first-order valence-corrected chi connectivity index (χ1v) is 11.7. The molecule has 2 N–H and O–H groups in total. The van der Waals surface area contributed by atoms with Crippen LogP contribution in [-0.2, 0) is 13.0 Å². The lowest BCUT2D eigenvalue weighted by atomic mass is 9.96. The van der Waals surface area contributed by atoms with E-state index in [1.54, 1.807) is 13.3 Å². The molecule has 1 aliphatic heterocycles. The maximum Gasteiger partial charge on any atom is 0.165 e. The maximum absolute atomic E-state index is 6.38. The topological polar surface area (TPSA) is 88.1 Å². The first-order chi connectivity index (χ1) is 16.8. The fourth-order valence-electron chi connectivity index (χ4n) is 4.24. The Balaban J connectivity index is 1.40. The highest BCUT2D eigenvalue weighted by Gasteiger charge is 2.25. The van der Waals surface area contributed by atoms with Gasteiger partial charge in [-0.1, -0.05) is 24.0 Å². The Morgan fingerprint density at radius 3 is 2.77 bits per heavy atom. The third-order valence-electron chi connectivity index (χ3n) is 5.99. The molecule has 1 atom stereocenters. The Morgan fingerprint density at radius 1 is 1.17 bits per heavy atom. The van der Waals surface area contributed by atoms with Gasteiger partial charge in [0.15, 0.2) is 17.1 Å². The van der Waals surface area contributed by atoms with Crippen molar-refractivity contribution in [2.75, 3.05) is 7.11 Å². The largest absolute Gasteiger partial charge is 0.493 e. The van der Waals surface area contributed by atoms with Gasteiger partial charge in [-0.25, -0.2) is 9.97 Å². The standard InChI is InChI=1S/C28H29N5O2/c1-18-5-6-22(15-30-18)24-8-7-21-11-20(13-25(34-4)26(21)35-24)16-33-17-32-23-12-19(14-31-27(23)33)9-10-28(2,3)29/h5-6,11-15,17,24H,7-8,16,29H2,1-4H3. The van der Waals surface area contributed by atoms with Gasteiger partial charge in [0, 0.05) is 29.2 Å². The Morgan fingerprint density at radius 2 is 2.03 bits per heavy atom. The summed E-state index contributed by atoms with van der Waals surface area (Å²) in [6.45, 7) is 6.36. The number of ether oxygens (including phenoxy) is 2. The van der Waals surface area contributed by atoms with E-state index in [0.29, 0.717) is 6.54 Å². The predicted octanol–water partition coefficient (Wildman–Crippen LogP) is 4.35. The molecule has 0 bridgehead atoms. The van der Waals surface area contributed by atoms with Crippen molar-refractivity contribution in [3.05, 3.63) is 77.0 Å². The van der Waals surface area contributed by atoms with E-state index >= 15 is 0 Å². The number of aromatic nitrogens is 4. The number of methoxy groups -OCH3 is 1. The number of hydrogen-bond acceptors (Lipinski definition) is 6. The van der Waals surface area contributed by atoms with Crippen molar-refractivity contribution >= 4 is 11.2 Å². The van der Waals surface area contributed by atoms with Crippen LogP contribution in [0.1, 0.15) is 54.3 Å². The molecule has 7 heteroatoms. The van der Waals surface area contributed by atoms with E-state index in [0.717, 1.165) is 63.5 Å². The second-order valence-electron chi connectivity index (χ2n) is 9.58. The molecule has 1 aromatic carbocycles. The Bertz CT molecular complexity index is 1420. The summed E-state index contributed by atoms with van der Waals surface area (Å²) in [6, 6.07) is 10.3. The third kappa shape index (κ3) is 4.98. The fourth-order valence-corrected chi connectivity index (χ4v) is 4.24. The van der Waals surface area contributed by atoms with Gasteiger partial charge in [0.2, 0.25) is 0 Å². The van der Waals surface area contributed by atoms with Crippen molar-refractivity contribution in [2.24, 2.45) is 5.73 Å². The number of nitrogens with zero attached hydrogens (tertiary/aromatic N) is 4. The van der Waals surface area contributed by atoms with E-state index in [-0.39, 0.29) is 6.10 Å². The van der Waals surface area contributed by atoms with Crippen molar-refractivity contribution in [3.8, 4) is 23.3 Å². The number of aryl methyl sites for hydroxylation is 2. The molecule has 4 heterocycles. The zero-order valence-corrected chi connectivity index (χ0v) is 20.5.